The largest absolute Gasteiger partial charge is 0.481 e. The van der Waals surface area contributed by atoms with Gasteiger partial charge in [-0.15, -0.1) is 0 Å². The van der Waals surface area contributed by atoms with E-state index in [9.17, 15) is 9.59 Å². The maximum atomic E-state index is 12.1. The van der Waals surface area contributed by atoms with Crippen LogP contribution in [-0.4, -0.2) is 15.6 Å². The Balaban J connectivity index is 2.88. The molecule has 94 valence electrons. The minimum Gasteiger partial charge on any atom is -0.481 e. The van der Waals surface area contributed by atoms with Crippen molar-refractivity contribution in [3.63, 3.8) is 0 Å². The molecule has 0 fully saturated rings. The first kappa shape index (κ1) is 12.8. The molecule has 2 aromatic rings. The number of halogens is 1. The van der Waals surface area contributed by atoms with Crippen LogP contribution in [0.1, 0.15) is 11.1 Å². The zero-order valence-electron chi connectivity index (χ0n) is 10.0. The van der Waals surface area contributed by atoms with Crippen molar-refractivity contribution < 1.29 is 9.90 Å². The lowest BCUT2D eigenvalue weighted by Crippen LogP contribution is -2.25. The van der Waals surface area contributed by atoms with E-state index in [1.54, 1.807) is 14.0 Å². The van der Waals surface area contributed by atoms with Crippen LogP contribution >= 0.6 is 15.9 Å². The normalized spacial score (nSPS) is 10.8. The fraction of sp³-hybridized carbons (Fsp3) is 0.231. The summed E-state index contributed by atoms with van der Waals surface area (Å²) in [4.78, 5) is 22.9. The first-order valence-corrected chi connectivity index (χ1v) is 6.20. The number of carboxylic acids is 1. The zero-order chi connectivity index (χ0) is 13.4. The van der Waals surface area contributed by atoms with E-state index >= 15 is 0 Å². The van der Waals surface area contributed by atoms with E-state index < -0.39 is 5.97 Å². The molecule has 0 saturated carbocycles. The molecule has 0 bridgehead atoms. The topological polar surface area (TPSA) is 59.3 Å². The minimum absolute atomic E-state index is 0.246. The highest BCUT2D eigenvalue weighted by atomic mass is 79.9. The number of aromatic nitrogens is 1. The van der Waals surface area contributed by atoms with Crippen LogP contribution < -0.4 is 5.56 Å². The van der Waals surface area contributed by atoms with E-state index in [1.807, 2.05) is 18.2 Å². The molecular formula is C13H12BrNO3. The molecule has 4 nitrogen and oxygen atoms in total. The number of rotatable bonds is 2. The average Bonchev–Trinajstić information content (AvgIpc) is 2.31. The SMILES string of the molecule is Cc1c(CC(=O)O)c(=O)n(C)c2ccc(Br)cc12. The number of fused-ring (bicyclic) bond motifs is 1. The van der Waals surface area contributed by atoms with Crippen LogP contribution in [0.5, 0.6) is 0 Å². The summed E-state index contributed by atoms with van der Waals surface area (Å²) in [7, 11) is 1.66. The van der Waals surface area contributed by atoms with Crippen LogP contribution in [-0.2, 0) is 18.3 Å². The molecule has 0 saturated heterocycles. The molecule has 18 heavy (non-hydrogen) atoms. The molecule has 0 atom stereocenters. The van der Waals surface area contributed by atoms with Gasteiger partial charge in [0.05, 0.1) is 11.9 Å². The van der Waals surface area contributed by atoms with Gasteiger partial charge in [0.1, 0.15) is 0 Å². The summed E-state index contributed by atoms with van der Waals surface area (Å²) >= 11 is 3.38. The highest BCUT2D eigenvalue weighted by Crippen LogP contribution is 2.23. The van der Waals surface area contributed by atoms with Crippen molar-refractivity contribution in [2.75, 3.05) is 0 Å². The number of carboxylic acid groups (broad SMARTS) is 1. The van der Waals surface area contributed by atoms with E-state index in [0.717, 1.165) is 20.9 Å². The van der Waals surface area contributed by atoms with Crippen molar-refractivity contribution in [3.05, 3.63) is 44.2 Å². The Morgan fingerprint density at radius 3 is 2.72 bits per heavy atom. The van der Waals surface area contributed by atoms with Crippen LogP contribution in [0.3, 0.4) is 0 Å². The molecule has 0 amide bonds. The molecule has 0 aliphatic heterocycles. The molecule has 0 aliphatic rings. The Bertz CT molecular complexity index is 703. The van der Waals surface area contributed by atoms with Crippen molar-refractivity contribution in [1.29, 1.82) is 0 Å². The highest BCUT2D eigenvalue weighted by molar-refractivity contribution is 9.10. The third kappa shape index (κ3) is 2.06. The number of hydrogen-bond donors (Lipinski definition) is 1. The summed E-state index contributed by atoms with van der Waals surface area (Å²) in [6.07, 6.45) is -0.249. The van der Waals surface area contributed by atoms with E-state index in [-0.39, 0.29) is 12.0 Å². The lowest BCUT2D eigenvalue weighted by molar-refractivity contribution is -0.136. The van der Waals surface area contributed by atoms with Gasteiger partial charge in [0, 0.05) is 22.5 Å². The predicted octanol–water partition coefficient (Wildman–Crippen LogP) is 2.24. The molecule has 5 heteroatoms. The number of pyridine rings is 1. The van der Waals surface area contributed by atoms with Crippen molar-refractivity contribution in [2.45, 2.75) is 13.3 Å². The van der Waals surface area contributed by atoms with Gasteiger partial charge in [-0.3, -0.25) is 9.59 Å². The number of hydrogen-bond acceptors (Lipinski definition) is 2. The Kier molecular flexibility index (Phi) is 3.26. The molecular weight excluding hydrogens is 298 g/mol. The molecule has 2 rings (SSSR count). The van der Waals surface area contributed by atoms with Crippen LogP contribution in [0.25, 0.3) is 10.9 Å². The second-order valence-corrected chi connectivity index (χ2v) is 5.12. The van der Waals surface area contributed by atoms with Gasteiger partial charge in [0.25, 0.3) is 5.56 Å². The Morgan fingerprint density at radius 1 is 1.44 bits per heavy atom. The lowest BCUT2D eigenvalue weighted by Gasteiger charge is -2.12. The monoisotopic (exact) mass is 309 g/mol. The van der Waals surface area contributed by atoms with Crippen molar-refractivity contribution in [1.82, 2.24) is 4.57 Å². The number of aryl methyl sites for hydroxylation is 2. The highest BCUT2D eigenvalue weighted by Gasteiger charge is 2.14. The third-order valence-corrected chi connectivity index (χ3v) is 3.56. The molecule has 1 heterocycles. The van der Waals surface area contributed by atoms with Gasteiger partial charge < -0.3 is 9.67 Å². The Hall–Kier alpha value is -1.62. The zero-order valence-corrected chi connectivity index (χ0v) is 11.6. The van der Waals surface area contributed by atoms with Gasteiger partial charge in [0.2, 0.25) is 0 Å². The standard InChI is InChI=1S/C13H12BrNO3/c1-7-9-5-8(14)3-4-11(9)15(2)13(18)10(7)6-12(16)17/h3-5H,6H2,1-2H3,(H,16,17). The van der Waals surface area contributed by atoms with Crippen LogP contribution in [0.2, 0.25) is 0 Å². The van der Waals surface area contributed by atoms with Crippen LogP contribution in [0.4, 0.5) is 0 Å². The second-order valence-electron chi connectivity index (χ2n) is 4.20. The van der Waals surface area contributed by atoms with Gasteiger partial charge in [0.15, 0.2) is 0 Å². The summed E-state index contributed by atoms with van der Waals surface area (Å²) in [6.45, 7) is 1.79. The van der Waals surface area contributed by atoms with Gasteiger partial charge in [-0.2, -0.15) is 0 Å². The molecule has 0 unspecified atom stereocenters. The summed E-state index contributed by atoms with van der Waals surface area (Å²) in [6, 6.07) is 5.60. The van der Waals surface area contributed by atoms with E-state index in [2.05, 4.69) is 15.9 Å². The molecule has 1 aromatic carbocycles. The Morgan fingerprint density at radius 2 is 2.11 bits per heavy atom. The van der Waals surface area contributed by atoms with E-state index in [0.29, 0.717) is 5.56 Å². The fourth-order valence-corrected chi connectivity index (χ4v) is 2.46. The summed E-state index contributed by atoms with van der Waals surface area (Å²) < 4.78 is 2.39. The maximum absolute atomic E-state index is 12.1. The summed E-state index contributed by atoms with van der Waals surface area (Å²) in [5.74, 6) is -0.996. The molecule has 0 spiro atoms. The van der Waals surface area contributed by atoms with Crippen molar-refractivity contribution in [3.8, 4) is 0 Å². The quantitative estimate of drug-likeness (QED) is 0.925. The van der Waals surface area contributed by atoms with E-state index in [4.69, 9.17) is 5.11 Å². The van der Waals surface area contributed by atoms with Crippen LogP contribution in [0.15, 0.2) is 27.5 Å². The smallest absolute Gasteiger partial charge is 0.308 e. The van der Waals surface area contributed by atoms with Gasteiger partial charge in [-0.1, -0.05) is 15.9 Å². The number of carbonyl (C=O) groups is 1. The van der Waals surface area contributed by atoms with Gasteiger partial charge in [-0.25, -0.2) is 0 Å². The average molecular weight is 310 g/mol. The first-order chi connectivity index (χ1) is 8.41. The third-order valence-electron chi connectivity index (χ3n) is 3.07. The number of nitrogens with zero attached hydrogens (tertiary/aromatic N) is 1. The summed E-state index contributed by atoms with van der Waals surface area (Å²) in [5.41, 5.74) is 1.63. The van der Waals surface area contributed by atoms with Crippen molar-refractivity contribution in [2.24, 2.45) is 7.05 Å². The maximum Gasteiger partial charge on any atom is 0.308 e. The Labute approximate surface area is 112 Å². The molecule has 0 aliphatic carbocycles. The minimum atomic E-state index is -0.996. The van der Waals surface area contributed by atoms with E-state index in [1.165, 1.54) is 4.57 Å². The lowest BCUT2D eigenvalue weighted by atomic mass is 10.0. The molecule has 1 N–H and O–H groups in total. The number of benzene rings is 1. The molecule has 1 aromatic heterocycles. The van der Waals surface area contributed by atoms with Gasteiger partial charge >= 0.3 is 5.97 Å². The van der Waals surface area contributed by atoms with Crippen LogP contribution in [0, 0.1) is 6.92 Å². The van der Waals surface area contributed by atoms with Crippen molar-refractivity contribution >= 4 is 32.8 Å². The van der Waals surface area contributed by atoms with Gasteiger partial charge in [-0.05, 0) is 30.7 Å². The fourth-order valence-electron chi connectivity index (χ4n) is 2.10. The predicted molar refractivity (Wildman–Crippen MR) is 73.0 cm³/mol. The number of aliphatic carboxylic acids is 1. The first-order valence-electron chi connectivity index (χ1n) is 5.41. The summed E-state index contributed by atoms with van der Waals surface area (Å²) in [5, 5.41) is 9.77. The molecule has 0 radical (unpaired) electrons. The second kappa shape index (κ2) is 4.57.